The molecule has 0 aliphatic carbocycles. The summed E-state index contributed by atoms with van der Waals surface area (Å²) >= 11 is 1.36. The Balaban J connectivity index is 1.78. The van der Waals surface area contributed by atoms with Crippen LogP contribution in [0.1, 0.15) is 11.4 Å². The van der Waals surface area contributed by atoms with Gasteiger partial charge in [0, 0.05) is 11.9 Å². The van der Waals surface area contributed by atoms with Crippen molar-refractivity contribution < 1.29 is 4.79 Å². The Bertz CT molecular complexity index is 601. The molecule has 1 amide bonds. The average molecular weight is 286 g/mol. The van der Waals surface area contributed by atoms with E-state index in [0.717, 1.165) is 10.7 Å². The lowest BCUT2D eigenvalue weighted by Gasteiger charge is -1.99. The van der Waals surface area contributed by atoms with E-state index < -0.39 is 0 Å². The number of rotatable bonds is 5. The van der Waals surface area contributed by atoms with Gasteiger partial charge in [0.05, 0.1) is 22.7 Å². The summed E-state index contributed by atoms with van der Waals surface area (Å²) in [7, 11) is 0. The summed E-state index contributed by atoms with van der Waals surface area (Å²) in [6.07, 6.45) is 3.22. The molecule has 0 bridgehead atoms. The molecule has 0 aromatic carbocycles. The molecule has 2 aromatic rings. The molecule has 2 rings (SSSR count). The minimum absolute atomic E-state index is 0.176. The summed E-state index contributed by atoms with van der Waals surface area (Å²) in [4.78, 5) is 20.0. The number of hydrogen-bond donors (Lipinski definition) is 1. The molecular weight excluding hydrogens is 272 g/mol. The zero-order valence-corrected chi connectivity index (χ0v) is 11.8. The van der Waals surface area contributed by atoms with Crippen LogP contribution >= 0.6 is 11.8 Å². The highest BCUT2D eigenvalue weighted by atomic mass is 32.2. The number of nitrogens with one attached hydrogen (secondary N) is 1. The van der Waals surface area contributed by atoms with E-state index in [-0.39, 0.29) is 11.7 Å². The molecule has 2 heterocycles. The number of hydrazone groups is 1. The van der Waals surface area contributed by atoms with E-state index in [1.165, 1.54) is 18.0 Å². The molecular formula is C14H14N4OS. The molecule has 0 saturated carbocycles. The summed E-state index contributed by atoms with van der Waals surface area (Å²) < 4.78 is 0. The number of thioether (sulfide) groups is 1. The molecule has 0 saturated heterocycles. The van der Waals surface area contributed by atoms with Gasteiger partial charge >= 0.3 is 0 Å². The average Bonchev–Trinajstić information content (AvgIpc) is 2.46. The van der Waals surface area contributed by atoms with E-state index in [1.807, 2.05) is 43.3 Å². The maximum absolute atomic E-state index is 11.6. The first-order valence-corrected chi connectivity index (χ1v) is 7.02. The second-order valence-electron chi connectivity index (χ2n) is 3.95. The zero-order chi connectivity index (χ0) is 14.2. The van der Waals surface area contributed by atoms with Crippen LogP contribution in [-0.4, -0.2) is 27.8 Å². The van der Waals surface area contributed by atoms with E-state index >= 15 is 0 Å². The van der Waals surface area contributed by atoms with Crippen LogP contribution in [0, 0.1) is 6.92 Å². The van der Waals surface area contributed by atoms with Crippen LogP contribution in [-0.2, 0) is 4.79 Å². The van der Waals surface area contributed by atoms with Crippen LogP contribution < -0.4 is 5.43 Å². The normalized spacial score (nSPS) is 10.7. The fourth-order valence-corrected chi connectivity index (χ4v) is 2.06. The van der Waals surface area contributed by atoms with Crippen LogP contribution in [0.5, 0.6) is 0 Å². The highest BCUT2D eigenvalue weighted by Gasteiger charge is 2.01. The van der Waals surface area contributed by atoms with Crippen LogP contribution in [0.2, 0.25) is 0 Å². The summed E-state index contributed by atoms with van der Waals surface area (Å²) in [5.41, 5.74) is 4.08. The van der Waals surface area contributed by atoms with E-state index in [2.05, 4.69) is 20.5 Å². The third-order valence-electron chi connectivity index (χ3n) is 2.28. The van der Waals surface area contributed by atoms with E-state index in [0.29, 0.717) is 5.69 Å². The van der Waals surface area contributed by atoms with Crippen molar-refractivity contribution in [1.82, 2.24) is 15.4 Å². The lowest BCUT2D eigenvalue weighted by molar-refractivity contribution is -0.118. The Kier molecular flexibility index (Phi) is 5.25. The maximum Gasteiger partial charge on any atom is 0.250 e. The van der Waals surface area contributed by atoms with Crippen molar-refractivity contribution in [2.24, 2.45) is 5.10 Å². The number of aryl methyl sites for hydroxylation is 1. The Hall–Kier alpha value is -2.21. The van der Waals surface area contributed by atoms with Crippen molar-refractivity contribution in [2.75, 3.05) is 5.75 Å². The van der Waals surface area contributed by atoms with Crippen LogP contribution in [0.3, 0.4) is 0 Å². The van der Waals surface area contributed by atoms with Crippen LogP contribution in [0.4, 0.5) is 0 Å². The number of aromatic nitrogens is 2. The summed E-state index contributed by atoms with van der Waals surface area (Å²) in [6.45, 7) is 1.90. The fourth-order valence-electron chi connectivity index (χ4n) is 1.41. The summed E-state index contributed by atoms with van der Waals surface area (Å²) in [5.74, 6) is 0.0971. The van der Waals surface area contributed by atoms with Crippen molar-refractivity contribution in [3.63, 3.8) is 0 Å². The van der Waals surface area contributed by atoms with E-state index in [1.54, 1.807) is 6.20 Å². The first kappa shape index (κ1) is 14.2. The van der Waals surface area contributed by atoms with Gasteiger partial charge in [-0.3, -0.25) is 9.78 Å². The van der Waals surface area contributed by atoms with Gasteiger partial charge < -0.3 is 0 Å². The molecule has 5 nitrogen and oxygen atoms in total. The molecule has 102 valence electrons. The Morgan fingerprint density at radius 2 is 2.25 bits per heavy atom. The molecule has 0 aliphatic heterocycles. The SMILES string of the molecule is Cc1cccc(/C=N/NC(=O)CSc2ccccn2)n1. The highest BCUT2D eigenvalue weighted by molar-refractivity contribution is 7.99. The van der Waals surface area contributed by atoms with Gasteiger partial charge in [-0.05, 0) is 31.2 Å². The quantitative estimate of drug-likeness (QED) is 0.519. The standard InChI is InChI=1S/C14H14N4OS/c1-11-5-4-6-12(17-11)9-16-18-13(19)10-20-14-7-2-3-8-15-14/h2-9H,10H2,1H3,(H,18,19)/b16-9+. The number of nitrogens with zero attached hydrogens (tertiary/aromatic N) is 3. The van der Waals surface area contributed by atoms with Gasteiger partial charge in [-0.25, -0.2) is 10.4 Å². The molecule has 0 fully saturated rings. The Morgan fingerprint density at radius 3 is 3.00 bits per heavy atom. The molecule has 0 unspecified atom stereocenters. The Morgan fingerprint density at radius 1 is 1.35 bits per heavy atom. The van der Waals surface area contributed by atoms with Crippen molar-refractivity contribution >= 4 is 23.9 Å². The summed E-state index contributed by atoms with van der Waals surface area (Å²) in [5, 5.41) is 4.69. The molecule has 0 radical (unpaired) electrons. The second-order valence-corrected chi connectivity index (χ2v) is 4.95. The second kappa shape index (κ2) is 7.40. The number of carbonyl (C=O) groups excluding carboxylic acids is 1. The predicted octanol–water partition coefficient (Wildman–Crippen LogP) is 2.03. The zero-order valence-electron chi connectivity index (χ0n) is 11.0. The number of amides is 1. The molecule has 6 heteroatoms. The first-order valence-electron chi connectivity index (χ1n) is 6.03. The molecule has 0 atom stereocenters. The van der Waals surface area contributed by atoms with Gasteiger partial charge in [-0.1, -0.05) is 23.9 Å². The van der Waals surface area contributed by atoms with Gasteiger partial charge in [-0.15, -0.1) is 0 Å². The number of hydrogen-bond acceptors (Lipinski definition) is 5. The van der Waals surface area contributed by atoms with Gasteiger partial charge in [0.25, 0.3) is 0 Å². The van der Waals surface area contributed by atoms with Crippen LogP contribution in [0.25, 0.3) is 0 Å². The number of carbonyl (C=O) groups is 1. The minimum atomic E-state index is -0.176. The maximum atomic E-state index is 11.6. The molecule has 2 aromatic heterocycles. The third kappa shape index (κ3) is 4.81. The molecule has 1 N–H and O–H groups in total. The first-order chi connectivity index (χ1) is 9.74. The lowest BCUT2D eigenvalue weighted by Crippen LogP contribution is -2.19. The summed E-state index contributed by atoms with van der Waals surface area (Å²) in [6, 6.07) is 11.2. The van der Waals surface area contributed by atoms with E-state index in [9.17, 15) is 4.79 Å². The van der Waals surface area contributed by atoms with Crippen molar-refractivity contribution in [1.29, 1.82) is 0 Å². The molecule has 0 spiro atoms. The van der Waals surface area contributed by atoms with Crippen molar-refractivity contribution in [2.45, 2.75) is 11.9 Å². The van der Waals surface area contributed by atoms with Gasteiger partial charge in [0.2, 0.25) is 5.91 Å². The third-order valence-corrected chi connectivity index (χ3v) is 3.23. The fraction of sp³-hybridized carbons (Fsp3) is 0.143. The minimum Gasteiger partial charge on any atom is -0.272 e. The van der Waals surface area contributed by atoms with Gasteiger partial charge in [0.1, 0.15) is 0 Å². The molecule has 0 aliphatic rings. The highest BCUT2D eigenvalue weighted by Crippen LogP contribution is 2.12. The number of pyridine rings is 2. The molecule has 20 heavy (non-hydrogen) atoms. The van der Waals surface area contributed by atoms with E-state index in [4.69, 9.17) is 0 Å². The van der Waals surface area contributed by atoms with Crippen molar-refractivity contribution in [3.05, 3.63) is 54.0 Å². The smallest absolute Gasteiger partial charge is 0.250 e. The predicted molar refractivity (Wildman–Crippen MR) is 79.7 cm³/mol. The topological polar surface area (TPSA) is 67.2 Å². The van der Waals surface area contributed by atoms with Gasteiger partial charge in [0.15, 0.2) is 0 Å². The lowest BCUT2D eigenvalue weighted by atomic mass is 10.3. The monoisotopic (exact) mass is 286 g/mol. The largest absolute Gasteiger partial charge is 0.272 e. The Labute approximate surface area is 121 Å². The van der Waals surface area contributed by atoms with Crippen molar-refractivity contribution in [3.8, 4) is 0 Å². The van der Waals surface area contributed by atoms with Crippen LogP contribution in [0.15, 0.2) is 52.7 Å². The van der Waals surface area contributed by atoms with Gasteiger partial charge in [-0.2, -0.15) is 5.10 Å².